The van der Waals surface area contributed by atoms with Crippen molar-refractivity contribution in [3.05, 3.63) is 104 Å². The summed E-state index contributed by atoms with van der Waals surface area (Å²) in [6.07, 6.45) is 4.82. The second kappa shape index (κ2) is 7.81. The predicted molar refractivity (Wildman–Crippen MR) is 109 cm³/mol. The molecule has 144 valence electrons. The molecule has 7 nitrogen and oxygen atoms in total. The van der Waals surface area contributed by atoms with E-state index in [1.807, 2.05) is 0 Å². The van der Waals surface area contributed by atoms with Crippen molar-refractivity contribution in [3.8, 4) is 11.4 Å². The summed E-state index contributed by atoms with van der Waals surface area (Å²) >= 11 is 5.86. The molecule has 0 unspecified atom stereocenters. The second-order valence-electron chi connectivity index (χ2n) is 6.45. The Morgan fingerprint density at radius 3 is 2.55 bits per heavy atom. The fourth-order valence-corrected chi connectivity index (χ4v) is 3.17. The average molecular weight is 407 g/mol. The van der Waals surface area contributed by atoms with Crippen LogP contribution in [0.15, 0.2) is 76.7 Å². The Bertz CT molecular complexity index is 1260. The van der Waals surface area contributed by atoms with Gasteiger partial charge in [0.2, 0.25) is 0 Å². The Labute approximate surface area is 170 Å². The quantitative estimate of drug-likeness (QED) is 0.475. The van der Waals surface area contributed by atoms with Crippen molar-refractivity contribution in [2.75, 3.05) is 0 Å². The summed E-state index contributed by atoms with van der Waals surface area (Å²) in [6.45, 7) is 0.0184. The summed E-state index contributed by atoms with van der Waals surface area (Å²) in [5.41, 5.74) is 0.322. The minimum absolute atomic E-state index is 0.0581. The molecule has 0 N–H and O–H groups in total. The van der Waals surface area contributed by atoms with E-state index in [1.165, 1.54) is 4.57 Å². The second-order valence-corrected chi connectivity index (χ2v) is 6.89. The Hall–Kier alpha value is -3.58. The Balaban J connectivity index is 1.72. The van der Waals surface area contributed by atoms with Gasteiger partial charge in [0.05, 0.1) is 18.7 Å². The maximum atomic E-state index is 12.9. The molecule has 0 bridgehead atoms. The minimum atomic E-state index is -0.676. The molecule has 3 heterocycles. The van der Waals surface area contributed by atoms with Crippen molar-refractivity contribution in [1.29, 1.82) is 0 Å². The Morgan fingerprint density at radius 2 is 1.83 bits per heavy atom. The molecule has 2 aliphatic heterocycles. The smallest absolute Gasteiger partial charge is 0.324 e. The maximum Gasteiger partial charge on any atom is 0.352 e. The fraction of sp³-hybridized carbons (Fsp3) is 0.0952. The maximum absolute atomic E-state index is 12.9. The van der Waals surface area contributed by atoms with Crippen LogP contribution in [0.4, 0.5) is 0 Å². The third-order valence-electron chi connectivity index (χ3n) is 4.49. The number of benzene rings is 1. The number of hydrogen-bond donors (Lipinski definition) is 0. The van der Waals surface area contributed by atoms with Gasteiger partial charge in [-0.25, -0.2) is 4.79 Å². The number of carbonyl (C=O) groups excluding carboxylic acids is 1. The topological polar surface area (TPSA) is 86.9 Å². The molecular weight excluding hydrogens is 392 g/mol. The third-order valence-corrected chi connectivity index (χ3v) is 4.75. The van der Waals surface area contributed by atoms with Crippen LogP contribution in [0, 0.1) is 0 Å². The zero-order valence-corrected chi connectivity index (χ0v) is 15.9. The van der Waals surface area contributed by atoms with Crippen LogP contribution >= 0.6 is 11.6 Å². The number of nitrogens with zero attached hydrogens (tertiary/aromatic N) is 4. The number of hydrogen-bond acceptors (Lipinski definition) is 5. The Morgan fingerprint density at radius 1 is 1.03 bits per heavy atom. The molecule has 29 heavy (non-hydrogen) atoms. The largest absolute Gasteiger partial charge is 0.352 e. The lowest BCUT2D eigenvalue weighted by molar-refractivity contribution is 0.0972. The minimum Gasteiger partial charge on any atom is -0.324 e. The zero-order chi connectivity index (χ0) is 20.4. The fourth-order valence-electron chi connectivity index (χ4n) is 3.04. The molecular formula is C21H15ClN4O3. The van der Waals surface area contributed by atoms with E-state index in [4.69, 9.17) is 11.6 Å². The lowest BCUT2D eigenvalue weighted by atomic mass is 10.1. The van der Waals surface area contributed by atoms with Crippen molar-refractivity contribution in [2.45, 2.75) is 13.1 Å². The first-order valence-corrected chi connectivity index (χ1v) is 9.18. The summed E-state index contributed by atoms with van der Waals surface area (Å²) in [4.78, 5) is 46.1. The normalized spacial score (nSPS) is 10.9. The number of pyridine rings is 2. The van der Waals surface area contributed by atoms with Crippen molar-refractivity contribution < 1.29 is 4.79 Å². The molecule has 0 spiro atoms. The number of rotatable bonds is 5. The standard InChI is InChI=1S/C21H15ClN4O3/c22-16-7-5-15(6-8-16)18(27)13-25-10-2-4-17-19(25)24-21(29)26(20(17)28)12-14-3-1-9-23-11-14/h1-11H,12-13H2. The van der Waals surface area contributed by atoms with E-state index in [0.717, 1.165) is 10.1 Å². The van der Waals surface area contributed by atoms with Crippen LogP contribution in [0.25, 0.3) is 11.4 Å². The van der Waals surface area contributed by atoms with Gasteiger partial charge >= 0.3 is 5.69 Å². The van der Waals surface area contributed by atoms with E-state index in [1.54, 1.807) is 67.1 Å². The summed E-state index contributed by atoms with van der Waals surface area (Å²) in [5, 5.41) is 0.534. The molecule has 0 atom stereocenters. The van der Waals surface area contributed by atoms with Crippen LogP contribution in [0.2, 0.25) is 5.02 Å². The summed E-state index contributed by atoms with van der Waals surface area (Å²) in [5.74, 6) is -0.0137. The van der Waals surface area contributed by atoms with E-state index in [9.17, 15) is 14.4 Å². The zero-order valence-electron chi connectivity index (χ0n) is 15.2. The lowest BCUT2D eigenvalue weighted by Crippen LogP contribution is -2.38. The van der Waals surface area contributed by atoms with Gasteiger partial charge in [0.1, 0.15) is 0 Å². The van der Waals surface area contributed by atoms with Crippen LogP contribution in [0.1, 0.15) is 15.9 Å². The van der Waals surface area contributed by atoms with Crippen molar-refractivity contribution in [3.63, 3.8) is 0 Å². The van der Waals surface area contributed by atoms with Crippen LogP contribution in [-0.4, -0.2) is 24.9 Å². The van der Waals surface area contributed by atoms with Crippen LogP contribution in [-0.2, 0) is 13.1 Å². The van der Waals surface area contributed by atoms with Gasteiger partial charge in [0, 0.05) is 29.2 Å². The van der Waals surface area contributed by atoms with Gasteiger partial charge in [-0.2, -0.15) is 4.98 Å². The lowest BCUT2D eigenvalue weighted by Gasteiger charge is -2.14. The van der Waals surface area contributed by atoms with Crippen LogP contribution in [0.3, 0.4) is 0 Å². The molecule has 0 aliphatic carbocycles. The number of fused-ring (bicyclic) bond motifs is 1. The molecule has 4 rings (SSSR count). The highest BCUT2D eigenvalue weighted by Crippen LogP contribution is 2.15. The van der Waals surface area contributed by atoms with Crippen molar-refractivity contribution in [2.24, 2.45) is 0 Å². The molecule has 0 saturated carbocycles. The van der Waals surface area contributed by atoms with Gasteiger partial charge in [-0.1, -0.05) is 17.7 Å². The van der Waals surface area contributed by atoms with E-state index < -0.39 is 11.2 Å². The molecule has 8 heteroatoms. The molecule has 0 saturated heterocycles. The van der Waals surface area contributed by atoms with Crippen LogP contribution < -0.4 is 11.2 Å². The average Bonchev–Trinajstić information content (AvgIpc) is 2.73. The number of Topliss-reactive ketones (excluding diaryl/α,β-unsaturated/α-hetero) is 1. The van der Waals surface area contributed by atoms with Crippen molar-refractivity contribution in [1.82, 2.24) is 19.1 Å². The Kier molecular flexibility index (Phi) is 5.05. The number of carbonyl (C=O) groups is 1. The van der Waals surface area contributed by atoms with E-state index >= 15 is 0 Å². The number of halogens is 1. The first kappa shape index (κ1) is 18.8. The van der Waals surface area contributed by atoms with E-state index in [0.29, 0.717) is 10.6 Å². The first-order valence-electron chi connectivity index (χ1n) is 8.80. The highest BCUT2D eigenvalue weighted by atomic mass is 35.5. The van der Waals surface area contributed by atoms with Gasteiger partial charge in [-0.15, -0.1) is 0 Å². The van der Waals surface area contributed by atoms with E-state index in [2.05, 4.69) is 9.97 Å². The van der Waals surface area contributed by atoms with Gasteiger partial charge in [0.15, 0.2) is 11.6 Å². The van der Waals surface area contributed by atoms with Gasteiger partial charge in [-0.05, 0) is 48.0 Å². The molecule has 0 fully saturated rings. The van der Waals surface area contributed by atoms with Crippen molar-refractivity contribution >= 4 is 17.4 Å². The van der Waals surface area contributed by atoms with Crippen LogP contribution in [0.5, 0.6) is 0 Å². The molecule has 1 aromatic carbocycles. The monoisotopic (exact) mass is 406 g/mol. The summed E-state index contributed by atoms with van der Waals surface area (Å²) in [7, 11) is 0. The number of aromatic nitrogens is 4. The molecule has 2 aliphatic rings. The van der Waals surface area contributed by atoms with Gasteiger partial charge in [-0.3, -0.25) is 19.1 Å². The van der Waals surface area contributed by atoms with Gasteiger partial charge < -0.3 is 4.57 Å². The number of ketones is 1. The highest BCUT2D eigenvalue weighted by Gasteiger charge is 2.18. The van der Waals surface area contributed by atoms with Gasteiger partial charge in [0.25, 0.3) is 5.56 Å². The summed E-state index contributed by atoms with van der Waals surface area (Å²) < 4.78 is 2.56. The summed E-state index contributed by atoms with van der Waals surface area (Å²) in [6, 6.07) is 13.3. The molecule has 1 aromatic heterocycles. The molecule has 0 radical (unpaired) electrons. The third kappa shape index (κ3) is 3.86. The highest BCUT2D eigenvalue weighted by molar-refractivity contribution is 6.30. The first-order chi connectivity index (χ1) is 14.0. The molecule has 0 amide bonds. The van der Waals surface area contributed by atoms with E-state index in [-0.39, 0.29) is 30.3 Å². The SMILES string of the molecule is O=C(Cn1cccc2c(=O)n(Cc3cccnc3)c(=O)nc1-2)c1ccc(Cl)cc1. The molecule has 2 aromatic rings. The predicted octanol–water partition coefficient (Wildman–Crippen LogP) is 2.49.